The molecule has 41 heavy (non-hydrogen) atoms. The predicted molar refractivity (Wildman–Crippen MR) is 165 cm³/mol. The van der Waals surface area contributed by atoms with E-state index in [0.29, 0.717) is 32.2 Å². The SMILES string of the molecule is O=C(O)c1cccc2cccc(C(=O)Nc3ccc(SC(C(=O)Nc4cc(Cl)cc(Cl)c4)c4ccccc4)cc3)c12. The van der Waals surface area contributed by atoms with Gasteiger partial charge in [-0.2, -0.15) is 0 Å². The van der Waals surface area contributed by atoms with Gasteiger partial charge in [-0.15, -0.1) is 11.8 Å². The largest absolute Gasteiger partial charge is 0.478 e. The highest BCUT2D eigenvalue weighted by molar-refractivity contribution is 8.00. The van der Waals surface area contributed by atoms with Crippen LogP contribution in [0.3, 0.4) is 0 Å². The number of amides is 2. The number of anilines is 2. The summed E-state index contributed by atoms with van der Waals surface area (Å²) in [6.45, 7) is 0. The van der Waals surface area contributed by atoms with Gasteiger partial charge in [-0.25, -0.2) is 4.79 Å². The number of aromatic carboxylic acids is 1. The number of carbonyl (C=O) groups is 3. The zero-order valence-electron chi connectivity index (χ0n) is 21.3. The summed E-state index contributed by atoms with van der Waals surface area (Å²) < 4.78 is 0. The monoisotopic (exact) mass is 600 g/mol. The van der Waals surface area contributed by atoms with E-state index in [4.69, 9.17) is 23.2 Å². The van der Waals surface area contributed by atoms with Crippen LogP contribution in [-0.2, 0) is 4.79 Å². The van der Waals surface area contributed by atoms with Crippen molar-refractivity contribution in [2.45, 2.75) is 10.1 Å². The Kier molecular flexibility index (Phi) is 8.59. The zero-order chi connectivity index (χ0) is 28.9. The number of carboxylic acid groups (broad SMARTS) is 1. The maximum Gasteiger partial charge on any atom is 0.336 e. The average molecular weight is 602 g/mol. The molecule has 3 N–H and O–H groups in total. The Morgan fingerprint density at radius 3 is 1.95 bits per heavy atom. The standard InChI is InChI=1S/C32H22Cl2N2O4S/c33-21-16-22(34)18-24(17-21)36-31(38)29(20-6-2-1-3-7-20)41-25-14-12-23(13-15-25)35-30(37)26-10-4-8-19-9-5-11-27(28(19)26)32(39)40/h1-18,29H,(H,35,37)(H,36,38)(H,39,40). The highest BCUT2D eigenvalue weighted by atomic mass is 35.5. The summed E-state index contributed by atoms with van der Waals surface area (Å²) in [6.07, 6.45) is 0. The minimum Gasteiger partial charge on any atom is -0.478 e. The van der Waals surface area contributed by atoms with Gasteiger partial charge in [0.15, 0.2) is 0 Å². The van der Waals surface area contributed by atoms with Crippen molar-refractivity contribution in [1.29, 1.82) is 0 Å². The Balaban J connectivity index is 1.35. The maximum atomic E-state index is 13.4. The third kappa shape index (κ3) is 6.72. The number of hydrogen-bond acceptors (Lipinski definition) is 4. The Morgan fingerprint density at radius 2 is 1.32 bits per heavy atom. The fourth-order valence-electron chi connectivity index (χ4n) is 4.39. The molecule has 0 aliphatic heterocycles. The molecule has 9 heteroatoms. The molecule has 0 aliphatic rings. The first-order valence-corrected chi connectivity index (χ1v) is 14.1. The molecule has 0 fully saturated rings. The maximum absolute atomic E-state index is 13.4. The number of carbonyl (C=O) groups excluding carboxylic acids is 2. The molecule has 0 bridgehead atoms. The molecule has 0 saturated carbocycles. The van der Waals surface area contributed by atoms with Crippen LogP contribution in [0.15, 0.2) is 114 Å². The molecule has 0 spiro atoms. The summed E-state index contributed by atoms with van der Waals surface area (Å²) in [6, 6.07) is 31.3. The van der Waals surface area contributed by atoms with E-state index < -0.39 is 17.1 Å². The molecule has 6 nitrogen and oxygen atoms in total. The van der Waals surface area contributed by atoms with Gasteiger partial charge in [0.25, 0.3) is 5.91 Å². The van der Waals surface area contributed by atoms with Gasteiger partial charge >= 0.3 is 5.97 Å². The van der Waals surface area contributed by atoms with Gasteiger partial charge in [0.1, 0.15) is 5.25 Å². The fraction of sp³-hybridized carbons (Fsp3) is 0.0312. The number of carboxylic acids is 1. The van der Waals surface area contributed by atoms with Gasteiger partial charge in [-0.3, -0.25) is 9.59 Å². The number of fused-ring (bicyclic) bond motifs is 1. The molecule has 0 radical (unpaired) electrons. The van der Waals surface area contributed by atoms with Crippen LogP contribution in [0.4, 0.5) is 11.4 Å². The lowest BCUT2D eigenvalue weighted by Gasteiger charge is -2.18. The van der Waals surface area contributed by atoms with Crippen LogP contribution in [0.25, 0.3) is 10.8 Å². The first kappa shape index (κ1) is 28.2. The number of thioether (sulfide) groups is 1. The minimum absolute atomic E-state index is 0.0604. The summed E-state index contributed by atoms with van der Waals surface area (Å²) >= 11 is 13.6. The van der Waals surface area contributed by atoms with Crippen LogP contribution in [0, 0.1) is 0 Å². The summed E-state index contributed by atoms with van der Waals surface area (Å²) in [7, 11) is 0. The van der Waals surface area contributed by atoms with E-state index in [-0.39, 0.29) is 17.0 Å². The quantitative estimate of drug-likeness (QED) is 0.155. The molecular weight excluding hydrogens is 579 g/mol. The molecule has 0 saturated heterocycles. The Hall–Kier alpha value is -4.30. The van der Waals surface area contributed by atoms with Crippen molar-refractivity contribution in [2.75, 3.05) is 10.6 Å². The van der Waals surface area contributed by atoms with Crippen LogP contribution < -0.4 is 10.6 Å². The average Bonchev–Trinajstić information content (AvgIpc) is 2.95. The molecule has 0 heterocycles. The van der Waals surface area contributed by atoms with Gasteiger partial charge in [0.2, 0.25) is 5.91 Å². The normalized spacial score (nSPS) is 11.6. The Labute approximate surface area is 250 Å². The third-order valence-electron chi connectivity index (χ3n) is 6.22. The molecule has 2 amide bonds. The van der Waals surface area contributed by atoms with Crippen LogP contribution in [0.1, 0.15) is 31.5 Å². The van der Waals surface area contributed by atoms with E-state index in [9.17, 15) is 19.5 Å². The Bertz CT molecular complexity index is 1740. The summed E-state index contributed by atoms with van der Waals surface area (Å²) in [5.41, 5.74) is 2.15. The topological polar surface area (TPSA) is 95.5 Å². The van der Waals surface area contributed by atoms with Gasteiger partial charge < -0.3 is 15.7 Å². The molecule has 204 valence electrons. The van der Waals surface area contributed by atoms with Gasteiger partial charge in [-0.1, -0.05) is 77.8 Å². The lowest BCUT2D eigenvalue weighted by Crippen LogP contribution is -2.19. The zero-order valence-corrected chi connectivity index (χ0v) is 23.6. The second-order valence-corrected chi connectivity index (χ2v) is 11.1. The second kappa shape index (κ2) is 12.5. The lowest BCUT2D eigenvalue weighted by molar-refractivity contribution is -0.115. The molecule has 0 aliphatic carbocycles. The second-order valence-electron chi connectivity index (χ2n) is 9.05. The number of halogens is 2. The summed E-state index contributed by atoms with van der Waals surface area (Å²) in [4.78, 5) is 39.1. The fourth-order valence-corrected chi connectivity index (χ4v) is 5.94. The third-order valence-corrected chi connectivity index (χ3v) is 7.92. The summed E-state index contributed by atoms with van der Waals surface area (Å²) in [5, 5.41) is 16.7. The van der Waals surface area contributed by atoms with Crippen molar-refractivity contribution < 1.29 is 19.5 Å². The van der Waals surface area contributed by atoms with E-state index in [1.165, 1.54) is 17.8 Å². The number of hydrogen-bond donors (Lipinski definition) is 3. The number of nitrogens with one attached hydrogen (secondary N) is 2. The van der Waals surface area contributed by atoms with Crippen molar-refractivity contribution in [3.05, 3.63) is 136 Å². The molecule has 1 atom stereocenters. The van der Waals surface area contributed by atoms with Gasteiger partial charge in [0.05, 0.1) is 5.56 Å². The van der Waals surface area contributed by atoms with Crippen molar-refractivity contribution in [2.24, 2.45) is 0 Å². The van der Waals surface area contributed by atoms with Crippen LogP contribution in [0.5, 0.6) is 0 Å². The van der Waals surface area contributed by atoms with Gasteiger partial charge in [0, 0.05) is 37.3 Å². The first-order valence-electron chi connectivity index (χ1n) is 12.4. The van der Waals surface area contributed by atoms with E-state index >= 15 is 0 Å². The lowest BCUT2D eigenvalue weighted by atomic mass is 9.98. The predicted octanol–water partition coefficient (Wildman–Crippen LogP) is 8.57. The Morgan fingerprint density at radius 1 is 0.683 bits per heavy atom. The van der Waals surface area contributed by atoms with E-state index in [1.54, 1.807) is 60.7 Å². The molecule has 0 aromatic heterocycles. The van der Waals surface area contributed by atoms with E-state index in [1.807, 2.05) is 42.5 Å². The van der Waals surface area contributed by atoms with Crippen LogP contribution in [-0.4, -0.2) is 22.9 Å². The molecule has 5 aromatic rings. The van der Waals surface area contributed by atoms with Crippen molar-refractivity contribution >= 4 is 74.9 Å². The van der Waals surface area contributed by atoms with Crippen molar-refractivity contribution in [1.82, 2.24) is 0 Å². The summed E-state index contributed by atoms with van der Waals surface area (Å²) in [5.74, 6) is -1.78. The molecule has 5 aromatic carbocycles. The number of rotatable bonds is 8. The molecular formula is C32H22Cl2N2O4S. The van der Waals surface area contributed by atoms with E-state index in [2.05, 4.69) is 10.6 Å². The highest BCUT2D eigenvalue weighted by Gasteiger charge is 2.23. The van der Waals surface area contributed by atoms with Crippen LogP contribution >= 0.6 is 35.0 Å². The van der Waals surface area contributed by atoms with E-state index in [0.717, 1.165) is 10.5 Å². The minimum atomic E-state index is -1.10. The van der Waals surface area contributed by atoms with Crippen molar-refractivity contribution in [3.8, 4) is 0 Å². The smallest absolute Gasteiger partial charge is 0.336 e. The number of benzene rings is 5. The molecule has 5 rings (SSSR count). The van der Waals surface area contributed by atoms with Crippen molar-refractivity contribution in [3.63, 3.8) is 0 Å². The van der Waals surface area contributed by atoms with Gasteiger partial charge in [-0.05, 0) is 65.5 Å². The first-order chi connectivity index (χ1) is 19.8. The highest BCUT2D eigenvalue weighted by Crippen LogP contribution is 2.37. The van der Waals surface area contributed by atoms with Crippen LogP contribution in [0.2, 0.25) is 10.0 Å². The molecule has 1 unspecified atom stereocenters.